The normalized spacial score (nSPS) is 10.5. The van der Waals surface area contributed by atoms with Crippen LogP contribution in [-0.2, 0) is 4.79 Å². The van der Waals surface area contributed by atoms with Gasteiger partial charge >= 0.3 is 5.63 Å². The summed E-state index contributed by atoms with van der Waals surface area (Å²) in [5.74, 6) is 0.833. The van der Waals surface area contributed by atoms with Gasteiger partial charge in [-0.15, -0.1) is 0 Å². The number of amides is 1. The first-order chi connectivity index (χ1) is 12.5. The van der Waals surface area contributed by atoms with Crippen LogP contribution >= 0.6 is 0 Å². The summed E-state index contributed by atoms with van der Waals surface area (Å²) >= 11 is 0. The van der Waals surface area contributed by atoms with Crippen LogP contribution in [0.4, 0.5) is 5.69 Å². The van der Waals surface area contributed by atoms with Gasteiger partial charge in [-0.1, -0.05) is 6.07 Å². The van der Waals surface area contributed by atoms with Crippen molar-refractivity contribution in [2.45, 2.75) is 13.8 Å². The van der Waals surface area contributed by atoms with Crippen molar-refractivity contribution in [2.24, 2.45) is 0 Å². The number of carbonyl (C=O) groups excluding carboxylic acids is 1. The second kappa shape index (κ2) is 7.74. The molecule has 6 nitrogen and oxygen atoms in total. The molecule has 1 heterocycles. The first kappa shape index (κ1) is 17.5. The van der Waals surface area contributed by atoms with Gasteiger partial charge in [0, 0.05) is 29.3 Å². The van der Waals surface area contributed by atoms with Gasteiger partial charge in [0.25, 0.3) is 5.91 Å². The fourth-order valence-electron chi connectivity index (χ4n) is 2.57. The van der Waals surface area contributed by atoms with Gasteiger partial charge < -0.3 is 19.2 Å². The molecule has 134 valence electrons. The minimum absolute atomic E-state index is 0.166. The van der Waals surface area contributed by atoms with Gasteiger partial charge in [0.15, 0.2) is 6.61 Å². The van der Waals surface area contributed by atoms with E-state index in [4.69, 9.17) is 13.9 Å². The SMILES string of the molecule is CCOc1cccc(NC(=O)COc2ccc3c(C)cc(=O)oc3c2)c1. The summed E-state index contributed by atoms with van der Waals surface area (Å²) in [6.45, 7) is 4.12. The predicted octanol–water partition coefficient (Wildman–Crippen LogP) is 3.52. The van der Waals surface area contributed by atoms with Crippen LogP contribution in [0.1, 0.15) is 12.5 Å². The largest absolute Gasteiger partial charge is 0.494 e. The summed E-state index contributed by atoms with van der Waals surface area (Å²) < 4.78 is 16.1. The molecule has 2 aromatic carbocycles. The molecule has 0 aliphatic rings. The number of carbonyl (C=O) groups is 1. The molecule has 0 saturated heterocycles. The van der Waals surface area contributed by atoms with Crippen molar-refractivity contribution in [3.8, 4) is 11.5 Å². The molecule has 0 bridgehead atoms. The van der Waals surface area contributed by atoms with Crippen LogP contribution in [0.5, 0.6) is 11.5 Å². The Labute approximate surface area is 150 Å². The highest BCUT2D eigenvalue weighted by Crippen LogP contribution is 2.22. The van der Waals surface area contributed by atoms with Crippen LogP contribution < -0.4 is 20.4 Å². The molecule has 1 aromatic heterocycles. The summed E-state index contributed by atoms with van der Waals surface area (Å²) in [4.78, 5) is 23.6. The summed E-state index contributed by atoms with van der Waals surface area (Å²) in [6, 6.07) is 13.7. The lowest BCUT2D eigenvalue weighted by atomic mass is 10.1. The molecule has 3 aromatic rings. The Morgan fingerprint density at radius 2 is 1.88 bits per heavy atom. The molecule has 0 fully saturated rings. The number of hydrogen-bond acceptors (Lipinski definition) is 5. The fourth-order valence-corrected chi connectivity index (χ4v) is 2.57. The van der Waals surface area contributed by atoms with E-state index in [1.54, 1.807) is 36.4 Å². The van der Waals surface area contributed by atoms with Gasteiger partial charge in [-0.05, 0) is 43.7 Å². The Bertz CT molecular complexity index is 993. The number of rotatable bonds is 6. The molecule has 0 aliphatic heterocycles. The van der Waals surface area contributed by atoms with Crippen molar-refractivity contribution < 1.29 is 18.7 Å². The fraction of sp³-hybridized carbons (Fsp3) is 0.200. The van der Waals surface area contributed by atoms with Crippen LogP contribution in [0.3, 0.4) is 0 Å². The van der Waals surface area contributed by atoms with E-state index < -0.39 is 5.63 Å². The third kappa shape index (κ3) is 4.22. The van der Waals surface area contributed by atoms with E-state index in [-0.39, 0.29) is 12.5 Å². The van der Waals surface area contributed by atoms with Gasteiger partial charge in [0.2, 0.25) is 0 Å². The molecule has 0 radical (unpaired) electrons. The summed E-state index contributed by atoms with van der Waals surface area (Å²) in [5.41, 5.74) is 1.47. The van der Waals surface area contributed by atoms with Crippen molar-refractivity contribution in [3.63, 3.8) is 0 Å². The van der Waals surface area contributed by atoms with E-state index in [2.05, 4.69) is 5.32 Å². The van der Waals surface area contributed by atoms with Gasteiger partial charge in [-0.25, -0.2) is 4.79 Å². The Morgan fingerprint density at radius 3 is 2.69 bits per heavy atom. The maximum atomic E-state index is 12.1. The standard InChI is InChI=1S/C20H19NO5/c1-3-24-15-6-4-5-14(10-15)21-19(22)12-25-16-7-8-17-13(2)9-20(23)26-18(17)11-16/h4-11H,3,12H2,1-2H3,(H,21,22). The van der Waals surface area contributed by atoms with E-state index >= 15 is 0 Å². The van der Waals surface area contributed by atoms with Gasteiger partial charge in [0.1, 0.15) is 17.1 Å². The molecule has 3 rings (SSSR count). The van der Waals surface area contributed by atoms with Crippen LogP contribution in [0.2, 0.25) is 0 Å². The zero-order chi connectivity index (χ0) is 18.5. The minimum Gasteiger partial charge on any atom is -0.494 e. The van der Waals surface area contributed by atoms with Crippen LogP contribution in [0.25, 0.3) is 11.0 Å². The minimum atomic E-state index is -0.418. The van der Waals surface area contributed by atoms with E-state index in [0.717, 1.165) is 10.9 Å². The third-order valence-corrected chi connectivity index (χ3v) is 3.72. The zero-order valence-electron chi connectivity index (χ0n) is 14.6. The first-order valence-electron chi connectivity index (χ1n) is 8.25. The van der Waals surface area contributed by atoms with Crippen LogP contribution in [0.15, 0.2) is 57.7 Å². The predicted molar refractivity (Wildman–Crippen MR) is 99.0 cm³/mol. The zero-order valence-corrected chi connectivity index (χ0v) is 14.6. The van der Waals surface area contributed by atoms with Crippen molar-refractivity contribution in [3.05, 3.63) is 64.5 Å². The number of benzene rings is 2. The second-order valence-electron chi connectivity index (χ2n) is 5.70. The lowest BCUT2D eigenvalue weighted by Gasteiger charge is -2.10. The van der Waals surface area contributed by atoms with Crippen molar-refractivity contribution in [1.29, 1.82) is 0 Å². The molecule has 0 spiro atoms. The highest BCUT2D eigenvalue weighted by atomic mass is 16.5. The second-order valence-corrected chi connectivity index (χ2v) is 5.70. The smallest absolute Gasteiger partial charge is 0.336 e. The van der Waals surface area contributed by atoms with Crippen LogP contribution in [0, 0.1) is 6.92 Å². The van der Waals surface area contributed by atoms with E-state index in [1.165, 1.54) is 6.07 Å². The number of aryl methyl sites for hydroxylation is 1. The third-order valence-electron chi connectivity index (χ3n) is 3.72. The summed E-state index contributed by atoms with van der Waals surface area (Å²) in [5, 5.41) is 3.58. The molecule has 6 heteroatoms. The molecular formula is C20H19NO5. The molecule has 0 saturated carbocycles. The number of ether oxygens (including phenoxy) is 2. The summed E-state index contributed by atoms with van der Waals surface area (Å²) in [6.07, 6.45) is 0. The Kier molecular flexibility index (Phi) is 5.22. The topological polar surface area (TPSA) is 77.8 Å². The Morgan fingerprint density at radius 1 is 1.08 bits per heavy atom. The van der Waals surface area contributed by atoms with E-state index in [1.807, 2.05) is 19.9 Å². The average Bonchev–Trinajstić information content (AvgIpc) is 2.60. The lowest BCUT2D eigenvalue weighted by molar-refractivity contribution is -0.118. The average molecular weight is 353 g/mol. The number of fused-ring (bicyclic) bond motifs is 1. The summed E-state index contributed by atoms with van der Waals surface area (Å²) in [7, 11) is 0. The highest BCUT2D eigenvalue weighted by molar-refractivity contribution is 5.92. The maximum Gasteiger partial charge on any atom is 0.336 e. The van der Waals surface area contributed by atoms with Gasteiger partial charge in [-0.2, -0.15) is 0 Å². The number of hydrogen-bond donors (Lipinski definition) is 1. The van der Waals surface area contributed by atoms with Crippen LogP contribution in [-0.4, -0.2) is 19.1 Å². The van der Waals surface area contributed by atoms with Gasteiger partial charge in [-0.3, -0.25) is 4.79 Å². The van der Waals surface area contributed by atoms with E-state index in [0.29, 0.717) is 29.4 Å². The first-order valence-corrected chi connectivity index (χ1v) is 8.25. The molecule has 0 unspecified atom stereocenters. The maximum absolute atomic E-state index is 12.1. The Hall–Kier alpha value is -3.28. The number of anilines is 1. The van der Waals surface area contributed by atoms with Gasteiger partial charge in [0.05, 0.1) is 6.61 Å². The van der Waals surface area contributed by atoms with Crippen molar-refractivity contribution in [1.82, 2.24) is 0 Å². The molecule has 1 amide bonds. The molecule has 1 N–H and O–H groups in total. The lowest BCUT2D eigenvalue weighted by Crippen LogP contribution is -2.20. The molecular weight excluding hydrogens is 334 g/mol. The van der Waals surface area contributed by atoms with Crippen molar-refractivity contribution in [2.75, 3.05) is 18.5 Å². The van der Waals surface area contributed by atoms with Crippen molar-refractivity contribution >= 4 is 22.6 Å². The molecule has 0 atom stereocenters. The highest BCUT2D eigenvalue weighted by Gasteiger charge is 2.07. The van der Waals surface area contributed by atoms with E-state index in [9.17, 15) is 9.59 Å². The quantitative estimate of drug-likeness (QED) is 0.686. The molecule has 0 aliphatic carbocycles. The Balaban J connectivity index is 1.65. The number of nitrogens with one attached hydrogen (secondary N) is 1. The molecule has 26 heavy (non-hydrogen) atoms. The monoisotopic (exact) mass is 353 g/mol.